The van der Waals surface area contributed by atoms with Crippen LogP contribution in [0.1, 0.15) is 16.7 Å². The lowest BCUT2D eigenvalue weighted by molar-refractivity contribution is 0.575. The number of aromatic nitrogens is 2. The van der Waals surface area contributed by atoms with Crippen molar-refractivity contribution in [3.8, 4) is 0 Å². The third-order valence-corrected chi connectivity index (χ3v) is 5.10. The second-order valence-electron chi connectivity index (χ2n) is 5.17. The van der Waals surface area contributed by atoms with Crippen LogP contribution in [0.5, 0.6) is 0 Å². The summed E-state index contributed by atoms with van der Waals surface area (Å²) in [5.74, 6) is 0. The number of sulfonamides is 1. The average Bonchev–Trinajstić information content (AvgIpc) is 2.90. The monoisotopic (exact) mass is 306 g/mol. The van der Waals surface area contributed by atoms with Gasteiger partial charge in [-0.25, -0.2) is 13.1 Å². The zero-order valence-corrected chi connectivity index (χ0v) is 12.7. The van der Waals surface area contributed by atoms with Crippen LogP contribution in [0, 0.1) is 0 Å². The highest BCUT2D eigenvalue weighted by molar-refractivity contribution is 7.89. The van der Waals surface area contributed by atoms with Crippen molar-refractivity contribution in [1.29, 1.82) is 0 Å². The second kappa shape index (κ2) is 5.59. The first-order chi connectivity index (χ1) is 10.1. The molecule has 0 bridgehead atoms. The molecule has 1 aromatic heterocycles. The van der Waals surface area contributed by atoms with Gasteiger partial charge in [-0.05, 0) is 30.2 Å². The van der Waals surface area contributed by atoms with Crippen molar-refractivity contribution in [2.24, 2.45) is 7.05 Å². The number of nitrogens with one attached hydrogen (secondary N) is 2. The van der Waals surface area contributed by atoms with Gasteiger partial charge in [0.2, 0.25) is 10.0 Å². The molecule has 0 amide bonds. The molecule has 2 heterocycles. The van der Waals surface area contributed by atoms with Crippen molar-refractivity contribution in [3.05, 3.63) is 47.3 Å². The SMILES string of the molecule is Cn1cc(CNS(=O)(=O)c2cccc3c2CCNC3)cn1. The molecular weight excluding hydrogens is 288 g/mol. The van der Waals surface area contributed by atoms with Crippen LogP contribution in [0.15, 0.2) is 35.5 Å². The van der Waals surface area contributed by atoms with Gasteiger partial charge in [-0.3, -0.25) is 4.68 Å². The molecule has 0 atom stereocenters. The molecule has 6 nitrogen and oxygen atoms in total. The molecule has 0 radical (unpaired) electrons. The first-order valence-corrected chi connectivity index (χ1v) is 8.33. The Balaban J connectivity index is 1.85. The van der Waals surface area contributed by atoms with E-state index in [4.69, 9.17) is 0 Å². The third-order valence-electron chi connectivity index (χ3n) is 3.61. The van der Waals surface area contributed by atoms with Gasteiger partial charge in [-0.1, -0.05) is 12.1 Å². The normalized spacial score (nSPS) is 14.9. The average molecular weight is 306 g/mol. The van der Waals surface area contributed by atoms with Crippen molar-refractivity contribution in [2.45, 2.75) is 24.4 Å². The lowest BCUT2D eigenvalue weighted by atomic mass is 10.0. The Bertz CT molecular complexity index is 752. The molecule has 0 saturated carbocycles. The number of benzene rings is 1. The fourth-order valence-electron chi connectivity index (χ4n) is 2.57. The summed E-state index contributed by atoms with van der Waals surface area (Å²) in [5.41, 5.74) is 2.83. The first kappa shape index (κ1) is 14.2. The first-order valence-electron chi connectivity index (χ1n) is 6.85. The summed E-state index contributed by atoms with van der Waals surface area (Å²) in [7, 11) is -1.70. The van der Waals surface area contributed by atoms with Crippen LogP contribution in [0.25, 0.3) is 0 Å². The van der Waals surface area contributed by atoms with Crippen LogP contribution >= 0.6 is 0 Å². The highest BCUT2D eigenvalue weighted by Gasteiger charge is 2.22. The van der Waals surface area contributed by atoms with Gasteiger partial charge in [0, 0.05) is 31.9 Å². The van der Waals surface area contributed by atoms with Crippen LogP contribution < -0.4 is 10.0 Å². The molecule has 0 unspecified atom stereocenters. The van der Waals surface area contributed by atoms with Crippen molar-refractivity contribution in [1.82, 2.24) is 19.8 Å². The summed E-state index contributed by atoms with van der Waals surface area (Å²) in [4.78, 5) is 0.394. The fourth-order valence-corrected chi connectivity index (χ4v) is 3.90. The highest BCUT2D eigenvalue weighted by atomic mass is 32.2. The van der Waals surface area contributed by atoms with E-state index in [1.54, 1.807) is 36.3 Å². The number of hydrogen-bond acceptors (Lipinski definition) is 4. The molecule has 3 rings (SSSR count). The van der Waals surface area contributed by atoms with Gasteiger partial charge in [-0.2, -0.15) is 5.10 Å². The molecule has 112 valence electrons. The summed E-state index contributed by atoms with van der Waals surface area (Å²) >= 11 is 0. The maximum atomic E-state index is 12.5. The molecule has 0 fully saturated rings. The molecule has 2 N–H and O–H groups in total. The Morgan fingerprint density at radius 3 is 3.05 bits per heavy atom. The van der Waals surface area contributed by atoms with E-state index in [0.29, 0.717) is 4.90 Å². The summed E-state index contributed by atoms with van der Waals surface area (Å²) in [6, 6.07) is 5.45. The maximum Gasteiger partial charge on any atom is 0.241 e. The van der Waals surface area contributed by atoms with Crippen LogP contribution in [0.2, 0.25) is 0 Å². The minimum atomic E-state index is -3.51. The molecule has 2 aromatic rings. The molecule has 0 aliphatic carbocycles. The van der Waals surface area contributed by atoms with Gasteiger partial charge in [0.25, 0.3) is 0 Å². The topological polar surface area (TPSA) is 76.0 Å². The molecule has 1 aliphatic heterocycles. The quantitative estimate of drug-likeness (QED) is 0.865. The molecule has 1 aromatic carbocycles. The van der Waals surface area contributed by atoms with Gasteiger partial charge in [0.15, 0.2) is 0 Å². The van der Waals surface area contributed by atoms with E-state index < -0.39 is 10.0 Å². The molecule has 1 aliphatic rings. The fraction of sp³-hybridized carbons (Fsp3) is 0.357. The van der Waals surface area contributed by atoms with E-state index in [0.717, 1.165) is 36.2 Å². The van der Waals surface area contributed by atoms with Crippen LogP contribution in [0.4, 0.5) is 0 Å². The minimum absolute atomic E-state index is 0.248. The molecule has 21 heavy (non-hydrogen) atoms. The largest absolute Gasteiger partial charge is 0.312 e. The molecular formula is C14H18N4O2S. The minimum Gasteiger partial charge on any atom is -0.312 e. The molecule has 0 saturated heterocycles. The van der Waals surface area contributed by atoms with Gasteiger partial charge in [0.05, 0.1) is 11.1 Å². The number of fused-ring (bicyclic) bond motifs is 1. The lowest BCUT2D eigenvalue weighted by Gasteiger charge is -2.20. The van der Waals surface area contributed by atoms with E-state index in [1.165, 1.54) is 0 Å². The predicted molar refractivity (Wildman–Crippen MR) is 79.1 cm³/mol. The highest BCUT2D eigenvalue weighted by Crippen LogP contribution is 2.22. The van der Waals surface area contributed by atoms with Crippen molar-refractivity contribution >= 4 is 10.0 Å². The number of rotatable bonds is 4. The lowest BCUT2D eigenvalue weighted by Crippen LogP contribution is -2.29. The van der Waals surface area contributed by atoms with Crippen molar-refractivity contribution in [2.75, 3.05) is 6.54 Å². The smallest absolute Gasteiger partial charge is 0.241 e. The van der Waals surface area contributed by atoms with Crippen LogP contribution in [-0.2, 0) is 36.6 Å². The van der Waals surface area contributed by atoms with Crippen molar-refractivity contribution < 1.29 is 8.42 Å². The summed E-state index contributed by atoms with van der Waals surface area (Å²) in [6.45, 7) is 1.78. The van der Waals surface area contributed by atoms with Gasteiger partial charge in [0.1, 0.15) is 0 Å². The Hall–Kier alpha value is -1.70. The Labute approximate surface area is 124 Å². The van der Waals surface area contributed by atoms with Gasteiger partial charge in [-0.15, -0.1) is 0 Å². The second-order valence-corrected chi connectivity index (χ2v) is 6.90. The maximum absolute atomic E-state index is 12.5. The van der Waals surface area contributed by atoms with E-state index in [9.17, 15) is 8.42 Å². The molecule has 7 heteroatoms. The number of nitrogens with zero attached hydrogens (tertiary/aromatic N) is 2. The van der Waals surface area contributed by atoms with Gasteiger partial charge >= 0.3 is 0 Å². The predicted octanol–water partition coefficient (Wildman–Crippen LogP) is 0.544. The van der Waals surface area contributed by atoms with Crippen LogP contribution in [-0.4, -0.2) is 24.7 Å². The number of aryl methyl sites for hydroxylation is 1. The zero-order chi connectivity index (χ0) is 14.9. The van der Waals surface area contributed by atoms with E-state index >= 15 is 0 Å². The Morgan fingerprint density at radius 1 is 1.43 bits per heavy atom. The van der Waals surface area contributed by atoms with E-state index in [-0.39, 0.29) is 6.54 Å². The van der Waals surface area contributed by atoms with E-state index in [1.807, 2.05) is 6.07 Å². The standard InChI is InChI=1S/C14H18N4O2S/c1-18-10-11(7-16-18)8-17-21(19,20)14-4-2-3-12-9-15-6-5-13(12)14/h2-4,7,10,15,17H,5-6,8-9H2,1H3. The van der Waals surface area contributed by atoms with Crippen LogP contribution in [0.3, 0.4) is 0 Å². The van der Waals surface area contributed by atoms with E-state index in [2.05, 4.69) is 15.1 Å². The summed E-state index contributed by atoms with van der Waals surface area (Å²) < 4.78 is 29.4. The number of hydrogen-bond donors (Lipinski definition) is 2. The Morgan fingerprint density at radius 2 is 2.29 bits per heavy atom. The summed E-state index contributed by atoms with van der Waals surface area (Å²) in [6.07, 6.45) is 4.19. The Kier molecular flexibility index (Phi) is 3.79. The molecule has 0 spiro atoms. The summed E-state index contributed by atoms with van der Waals surface area (Å²) in [5, 5.41) is 7.29. The third kappa shape index (κ3) is 2.99. The van der Waals surface area contributed by atoms with Crippen molar-refractivity contribution in [3.63, 3.8) is 0 Å². The zero-order valence-electron chi connectivity index (χ0n) is 11.8. The van der Waals surface area contributed by atoms with Gasteiger partial charge < -0.3 is 5.32 Å².